The van der Waals surface area contributed by atoms with Gasteiger partial charge in [-0.05, 0) is 24.5 Å². The van der Waals surface area contributed by atoms with Gasteiger partial charge in [-0.2, -0.15) is 0 Å². The van der Waals surface area contributed by atoms with Gasteiger partial charge in [-0.3, -0.25) is 10.1 Å². The van der Waals surface area contributed by atoms with Gasteiger partial charge in [0.25, 0.3) is 0 Å². The summed E-state index contributed by atoms with van der Waals surface area (Å²) in [5, 5.41) is 6.58. The van der Waals surface area contributed by atoms with E-state index in [9.17, 15) is 13.6 Å². The highest BCUT2D eigenvalue weighted by Gasteiger charge is 2.25. The van der Waals surface area contributed by atoms with Gasteiger partial charge in [-0.15, -0.1) is 0 Å². The Kier molecular flexibility index (Phi) is 4.49. The third kappa shape index (κ3) is 3.81. The van der Waals surface area contributed by atoms with Crippen LogP contribution in [0.2, 0.25) is 0 Å². The lowest BCUT2D eigenvalue weighted by molar-refractivity contribution is -0.115. The van der Waals surface area contributed by atoms with Crippen molar-refractivity contribution < 1.29 is 18.1 Å². The quantitative estimate of drug-likeness (QED) is 0.919. The fourth-order valence-electron chi connectivity index (χ4n) is 2.93. The molecule has 0 spiro atoms. The minimum absolute atomic E-state index is 0.0406. The van der Waals surface area contributed by atoms with Gasteiger partial charge in [0.1, 0.15) is 11.6 Å². The van der Waals surface area contributed by atoms with Crippen molar-refractivity contribution in [1.82, 2.24) is 5.16 Å². The molecule has 1 amide bonds. The molecule has 0 fully saturated rings. The molecule has 1 N–H and O–H groups in total. The second kappa shape index (κ2) is 6.46. The number of halogens is 2. The number of aryl methyl sites for hydroxylation is 1. The molecule has 25 heavy (non-hydrogen) atoms. The summed E-state index contributed by atoms with van der Waals surface area (Å²) in [6, 6.07) is 3.85. The van der Waals surface area contributed by atoms with Crippen LogP contribution in [0.25, 0.3) is 0 Å². The van der Waals surface area contributed by atoms with Crippen molar-refractivity contribution in [2.45, 2.75) is 39.0 Å². The van der Waals surface area contributed by atoms with Crippen molar-refractivity contribution in [3.05, 3.63) is 41.1 Å². The molecule has 0 bridgehead atoms. The van der Waals surface area contributed by atoms with Crippen LogP contribution < -0.4 is 10.2 Å². The third-order valence-electron chi connectivity index (χ3n) is 4.17. The molecule has 1 aromatic carbocycles. The SMILES string of the molecule is CC(C)(C)c1cc(NC(=O)CN2CCCc3cc(F)cc(F)c32)on1. The molecular weight excluding hydrogens is 328 g/mol. The van der Waals surface area contributed by atoms with E-state index >= 15 is 0 Å². The Morgan fingerprint density at radius 3 is 2.76 bits per heavy atom. The lowest BCUT2D eigenvalue weighted by Crippen LogP contribution is -2.37. The average molecular weight is 349 g/mol. The first-order valence-electron chi connectivity index (χ1n) is 8.24. The Morgan fingerprint density at radius 2 is 2.08 bits per heavy atom. The fraction of sp³-hybridized carbons (Fsp3) is 0.444. The first kappa shape index (κ1) is 17.4. The zero-order valence-corrected chi connectivity index (χ0v) is 14.5. The summed E-state index contributed by atoms with van der Waals surface area (Å²) in [7, 11) is 0. The number of carbonyl (C=O) groups is 1. The summed E-state index contributed by atoms with van der Waals surface area (Å²) in [5.74, 6) is -1.32. The molecule has 2 aromatic rings. The van der Waals surface area contributed by atoms with Crippen molar-refractivity contribution in [2.75, 3.05) is 23.3 Å². The van der Waals surface area contributed by atoms with Gasteiger partial charge in [-0.25, -0.2) is 8.78 Å². The Hall–Kier alpha value is -2.44. The third-order valence-corrected chi connectivity index (χ3v) is 4.17. The summed E-state index contributed by atoms with van der Waals surface area (Å²) < 4.78 is 32.7. The number of amides is 1. The number of aromatic nitrogens is 1. The lowest BCUT2D eigenvalue weighted by Gasteiger charge is -2.30. The zero-order chi connectivity index (χ0) is 18.2. The molecule has 3 rings (SSSR count). The molecule has 7 heteroatoms. The van der Waals surface area contributed by atoms with Crippen molar-refractivity contribution in [2.24, 2.45) is 0 Å². The Bertz CT molecular complexity index is 796. The highest BCUT2D eigenvalue weighted by atomic mass is 19.1. The molecule has 0 radical (unpaired) electrons. The number of anilines is 2. The van der Waals surface area contributed by atoms with Crippen LogP contribution in [0.5, 0.6) is 0 Å². The molecule has 0 atom stereocenters. The van der Waals surface area contributed by atoms with E-state index in [-0.39, 0.29) is 23.8 Å². The van der Waals surface area contributed by atoms with Crippen LogP contribution in [0.1, 0.15) is 38.4 Å². The predicted molar refractivity (Wildman–Crippen MR) is 90.7 cm³/mol. The number of rotatable bonds is 3. The molecule has 1 aromatic heterocycles. The number of hydrogen-bond donors (Lipinski definition) is 1. The largest absolute Gasteiger partial charge is 0.360 e. The minimum atomic E-state index is -0.641. The van der Waals surface area contributed by atoms with E-state index in [2.05, 4.69) is 10.5 Å². The van der Waals surface area contributed by atoms with Gasteiger partial charge in [-0.1, -0.05) is 25.9 Å². The molecular formula is C18H21F2N3O2. The normalized spacial score (nSPS) is 14.4. The number of hydrogen-bond acceptors (Lipinski definition) is 4. The predicted octanol–water partition coefficient (Wildman–Crippen LogP) is 3.64. The maximum Gasteiger partial charge on any atom is 0.246 e. The van der Waals surface area contributed by atoms with Crippen LogP contribution in [-0.4, -0.2) is 24.2 Å². The molecule has 134 valence electrons. The van der Waals surface area contributed by atoms with Crippen molar-refractivity contribution in [1.29, 1.82) is 0 Å². The number of fused-ring (bicyclic) bond motifs is 1. The molecule has 2 heterocycles. The maximum atomic E-state index is 14.2. The van der Waals surface area contributed by atoms with Gasteiger partial charge in [0.15, 0.2) is 0 Å². The summed E-state index contributed by atoms with van der Waals surface area (Å²) in [6.07, 6.45) is 1.33. The molecule has 0 saturated carbocycles. The van der Waals surface area contributed by atoms with Crippen LogP contribution in [-0.2, 0) is 16.6 Å². The summed E-state index contributed by atoms with van der Waals surface area (Å²) >= 11 is 0. The first-order valence-corrected chi connectivity index (χ1v) is 8.24. The van der Waals surface area contributed by atoms with Gasteiger partial charge in [0.2, 0.25) is 11.8 Å². The summed E-state index contributed by atoms with van der Waals surface area (Å²) in [6.45, 7) is 6.46. The van der Waals surface area contributed by atoms with Gasteiger partial charge in [0.05, 0.1) is 17.9 Å². The highest BCUT2D eigenvalue weighted by Crippen LogP contribution is 2.31. The topological polar surface area (TPSA) is 58.4 Å². The number of nitrogens with zero attached hydrogens (tertiary/aromatic N) is 2. The van der Waals surface area contributed by atoms with E-state index in [1.165, 1.54) is 6.07 Å². The minimum Gasteiger partial charge on any atom is -0.360 e. The molecule has 1 aliphatic rings. The van der Waals surface area contributed by atoms with Crippen molar-refractivity contribution >= 4 is 17.5 Å². The van der Waals surface area contributed by atoms with E-state index < -0.39 is 11.6 Å². The van der Waals surface area contributed by atoms with E-state index in [1.54, 1.807) is 11.0 Å². The van der Waals surface area contributed by atoms with Crippen molar-refractivity contribution in [3.8, 4) is 0 Å². The van der Waals surface area contributed by atoms with E-state index in [4.69, 9.17) is 4.52 Å². The monoisotopic (exact) mass is 349 g/mol. The molecule has 5 nitrogen and oxygen atoms in total. The van der Waals surface area contributed by atoms with Crippen LogP contribution in [0.4, 0.5) is 20.4 Å². The van der Waals surface area contributed by atoms with Gasteiger partial charge < -0.3 is 9.42 Å². The Morgan fingerprint density at radius 1 is 1.32 bits per heavy atom. The highest BCUT2D eigenvalue weighted by molar-refractivity contribution is 5.93. The number of carbonyl (C=O) groups excluding carboxylic acids is 1. The van der Waals surface area contributed by atoms with Gasteiger partial charge >= 0.3 is 0 Å². The van der Waals surface area contributed by atoms with Crippen LogP contribution in [0.3, 0.4) is 0 Å². The molecule has 0 saturated heterocycles. The average Bonchev–Trinajstić information content (AvgIpc) is 2.95. The Balaban J connectivity index is 1.72. The molecule has 0 aliphatic carbocycles. The van der Waals surface area contributed by atoms with Crippen molar-refractivity contribution in [3.63, 3.8) is 0 Å². The van der Waals surface area contributed by atoms with E-state index in [0.717, 1.165) is 18.2 Å². The van der Waals surface area contributed by atoms with E-state index in [1.807, 2.05) is 20.8 Å². The zero-order valence-electron chi connectivity index (χ0n) is 14.5. The number of nitrogens with one attached hydrogen (secondary N) is 1. The fourth-order valence-corrected chi connectivity index (χ4v) is 2.93. The summed E-state index contributed by atoms with van der Waals surface area (Å²) in [4.78, 5) is 13.9. The maximum absolute atomic E-state index is 14.2. The molecule has 0 unspecified atom stereocenters. The van der Waals surface area contributed by atoms with Gasteiger partial charge in [0, 0.05) is 24.1 Å². The summed E-state index contributed by atoms with van der Waals surface area (Å²) in [5.41, 5.74) is 1.43. The van der Waals surface area contributed by atoms with Crippen LogP contribution >= 0.6 is 0 Å². The molecule has 1 aliphatic heterocycles. The second-order valence-electron chi connectivity index (χ2n) is 7.30. The standard InChI is InChI=1S/C18H21F2N3O2/c1-18(2,3)14-9-16(25-22-14)21-15(24)10-23-6-4-5-11-7-12(19)8-13(20)17(11)23/h7-9H,4-6,10H2,1-3H3,(H,21,24). The Labute approximate surface area is 145 Å². The lowest BCUT2D eigenvalue weighted by atomic mass is 9.92. The van der Waals surface area contributed by atoms with E-state index in [0.29, 0.717) is 24.2 Å². The first-order chi connectivity index (χ1) is 11.7. The smallest absolute Gasteiger partial charge is 0.246 e. The van der Waals surface area contributed by atoms with Crippen LogP contribution in [0.15, 0.2) is 22.7 Å². The second-order valence-corrected chi connectivity index (χ2v) is 7.30. The number of benzene rings is 1. The van der Waals surface area contributed by atoms with Crippen LogP contribution in [0, 0.1) is 11.6 Å².